The zero-order valence-corrected chi connectivity index (χ0v) is 12.1. The maximum atomic E-state index is 11.7. The summed E-state index contributed by atoms with van der Waals surface area (Å²) < 4.78 is 31.4. The molecule has 0 atom stereocenters. The molecule has 16 heavy (non-hydrogen) atoms. The highest BCUT2D eigenvalue weighted by Crippen LogP contribution is 2.19. The van der Waals surface area contributed by atoms with Crippen molar-refractivity contribution in [1.29, 1.82) is 0 Å². The number of sulfonamides is 1. The van der Waals surface area contributed by atoms with Crippen molar-refractivity contribution in [1.82, 2.24) is 4.72 Å². The van der Waals surface area contributed by atoms with E-state index in [4.69, 9.17) is 4.74 Å². The van der Waals surface area contributed by atoms with Gasteiger partial charge in [0, 0.05) is 16.8 Å². The first-order chi connectivity index (χ1) is 7.56. The lowest BCUT2D eigenvalue weighted by Gasteiger charge is -2.04. The quantitative estimate of drug-likeness (QED) is 0.613. The number of ether oxygens (including phenoxy) is 1. The van der Waals surface area contributed by atoms with Gasteiger partial charge in [-0.3, -0.25) is 0 Å². The molecule has 0 amide bonds. The molecule has 0 saturated carbocycles. The Morgan fingerprint density at radius 2 is 2.19 bits per heavy atom. The first-order valence-corrected chi connectivity index (χ1v) is 8.18. The van der Waals surface area contributed by atoms with Gasteiger partial charge in [0.2, 0.25) is 10.0 Å². The van der Waals surface area contributed by atoms with E-state index in [2.05, 4.69) is 20.7 Å². The molecule has 0 aromatic carbocycles. The van der Waals surface area contributed by atoms with Crippen molar-refractivity contribution >= 4 is 37.3 Å². The molecule has 0 aliphatic carbocycles. The average Bonchev–Trinajstić information content (AvgIpc) is 2.65. The normalized spacial score (nSPS) is 11.9. The van der Waals surface area contributed by atoms with Crippen LogP contribution < -0.4 is 4.72 Å². The third kappa shape index (κ3) is 4.50. The van der Waals surface area contributed by atoms with E-state index in [0.717, 1.165) is 10.2 Å². The highest BCUT2D eigenvalue weighted by atomic mass is 79.9. The second kappa shape index (κ2) is 6.70. The Bertz CT molecular complexity index is 416. The molecule has 1 rings (SSSR count). The Labute approximate surface area is 108 Å². The molecule has 0 radical (unpaired) electrons. The Morgan fingerprint density at radius 1 is 1.44 bits per heavy atom. The number of rotatable bonds is 7. The van der Waals surface area contributed by atoms with Gasteiger partial charge in [-0.05, 0) is 19.1 Å². The van der Waals surface area contributed by atoms with E-state index >= 15 is 0 Å². The van der Waals surface area contributed by atoms with Crippen molar-refractivity contribution in [2.75, 3.05) is 25.1 Å². The van der Waals surface area contributed by atoms with Crippen molar-refractivity contribution in [2.24, 2.45) is 0 Å². The van der Waals surface area contributed by atoms with Crippen molar-refractivity contribution in [3.63, 3.8) is 0 Å². The van der Waals surface area contributed by atoms with Gasteiger partial charge >= 0.3 is 0 Å². The number of hydrogen-bond acceptors (Lipinski definition) is 4. The highest BCUT2D eigenvalue weighted by Gasteiger charge is 2.14. The topological polar surface area (TPSA) is 55.4 Å². The molecule has 1 aromatic heterocycles. The van der Waals surface area contributed by atoms with Crippen LogP contribution in [0.2, 0.25) is 0 Å². The van der Waals surface area contributed by atoms with Crippen LogP contribution in [0, 0.1) is 6.92 Å². The number of thiophene rings is 1. The lowest BCUT2D eigenvalue weighted by atomic mass is 10.5. The summed E-state index contributed by atoms with van der Waals surface area (Å²) >= 11 is 4.48. The predicted octanol–water partition coefficient (Wildman–Crippen LogP) is 1.75. The Hall–Kier alpha value is 0.0500. The monoisotopic (exact) mass is 327 g/mol. The standard InChI is InChI=1S/C9H14BrNO3S2/c1-8-2-3-9(15-8)16(12,13)11-5-7-14-6-4-10/h2-3,11H,4-7H2,1H3. The molecule has 0 bridgehead atoms. The zero-order chi connectivity index (χ0) is 12.0. The van der Waals surface area contributed by atoms with E-state index in [1.54, 1.807) is 12.1 Å². The largest absolute Gasteiger partial charge is 0.379 e. The summed E-state index contributed by atoms with van der Waals surface area (Å²) in [6, 6.07) is 3.40. The molecule has 1 heterocycles. The van der Waals surface area contributed by atoms with Gasteiger partial charge in [0.15, 0.2) is 0 Å². The molecule has 0 unspecified atom stereocenters. The fourth-order valence-electron chi connectivity index (χ4n) is 1.03. The molecule has 0 aliphatic heterocycles. The van der Waals surface area contributed by atoms with Gasteiger partial charge in [-0.1, -0.05) is 15.9 Å². The van der Waals surface area contributed by atoms with Crippen LogP contribution >= 0.6 is 27.3 Å². The summed E-state index contributed by atoms with van der Waals surface area (Å²) in [6.45, 7) is 3.14. The Kier molecular flexibility index (Phi) is 5.91. The first kappa shape index (κ1) is 14.1. The molecule has 1 N–H and O–H groups in total. The molecule has 4 nitrogen and oxygen atoms in total. The molecular weight excluding hydrogens is 314 g/mol. The summed E-state index contributed by atoms with van der Waals surface area (Å²) in [5, 5.41) is 0.754. The minimum atomic E-state index is -3.35. The van der Waals surface area contributed by atoms with Crippen LogP contribution in [-0.2, 0) is 14.8 Å². The first-order valence-electron chi connectivity index (χ1n) is 4.76. The molecular formula is C9H14BrNO3S2. The van der Waals surface area contributed by atoms with Crippen LogP contribution in [0.4, 0.5) is 0 Å². The smallest absolute Gasteiger partial charge is 0.250 e. The molecule has 0 saturated heterocycles. The fourth-order valence-corrected chi connectivity index (χ4v) is 3.60. The van der Waals surface area contributed by atoms with E-state index in [0.29, 0.717) is 24.0 Å². The van der Waals surface area contributed by atoms with Crippen LogP contribution in [0.5, 0.6) is 0 Å². The SMILES string of the molecule is Cc1ccc(S(=O)(=O)NCCOCCBr)s1. The average molecular weight is 328 g/mol. The predicted molar refractivity (Wildman–Crippen MR) is 68.9 cm³/mol. The van der Waals surface area contributed by atoms with Gasteiger partial charge in [0.05, 0.1) is 13.2 Å². The third-order valence-corrected chi connectivity index (χ3v) is 5.02. The molecule has 0 aliphatic rings. The Morgan fingerprint density at radius 3 is 2.75 bits per heavy atom. The van der Waals surface area contributed by atoms with Gasteiger partial charge < -0.3 is 4.74 Å². The van der Waals surface area contributed by atoms with Crippen LogP contribution in [0.15, 0.2) is 16.3 Å². The second-order valence-electron chi connectivity index (χ2n) is 3.06. The van der Waals surface area contributed by atoms with Crippen LogP contribution in [0.1, 0.15) is 4.88 Å². The second-order valence-corrected chi connectivity index (χ2v) is 7.14. The minimum Gasteiger partial charge on any atom is -0.379 e. The third-order valence-electron chi connectivity index (χ3n) is 1.74. The number of halogens is 1. The van der Waals surface area contributed by atoms with Gasteiger partial charge in [0.25, 0.3) is 0 Å². The van der Waals surface area contributed by atoms with E-state index in [9.17, 15) is 8.42 Å². The Balaban J connectivity index is 2.41. The highest BCUT2D eigenvalue weighted by molar-refractivity contribution is 9.09. The number of nitrogens with one attached hydrogen (secondary N) is 1. The van der Waals surface area contributed by atoms with Crippen molar-refractivity contribution in [2.45, 2.75) is 11.1 Å². The lowest BCUT2D eigenvalue weighted by molar-refractivity contribution is 0.156. The fraction of sp³-hybridized carbons (Fsp3) is 0.556. The van der Waals surface area contributed by atoms with Gasteiger partial charge in [-0.15, -0.1) is 11.3 Å². The van der Waals surface area contributed by atoms with E-state index in [1.807, 2.05) is 6.92 Å². The maximum absolute atomic E-state index is 11.7. The van der Waals surface area contributed by atoms with Crippen LogP contribution in [-0.4, -0.2) is 33.5 Å². The molecule has 0 spiro atoms. The van der Waals surface area contributed by atoms with E-state index < -0.39 is 10.0 Å². The van der Waals surface area contributed by atoms with Crippen molar-refractivity contribution in [3.8, 4) is 0 Å². The van der Waals surface area contributed by atoms with Crippen LogP contribution in [0.25, 0.3) is 0 Å². The molecule has 7 heteroatoms. The summed E-state index contributed by atoms with van der Waals surface area (Å²) in [6.07, 6.45) is 0. The minimum absolute atomic E-state index is 0.298. The van der Waals surface area contributed by atoms with E-state index in [-0.39, 0.29) is 0 Å². The molecule has 92 valence electrons. The summed E-state index contributed by atoms with van der Waals surface area (Å²) in [4.78, 5) is 0.982. The molecule has 0 fully saturated rings. The van der Waals surface area contributed by atoms with Crippen molar-refractivity contribution < 1.29 is 13.2 Å². The summed E-state index contributed by atoms with van der Waals surface area (Å²) in [5.74, 6) is 0. The van der Waals surface area contributed by atoms with Gasteiger partial charge in [-0.2, -0.15) is 0 Å². The maximum Gasteiger partial charge on any atom is 0.250 e. The van der Waals surface area contributed by atoms with E-state index in [1.165, 1.54) is 11.3 Å². The molecule has 1 aromatic rings. The lowest BCUT2D eigenvalue weighted by Crippen LogP contribution is -2.27. The summed E-state index contributed by atoms with van der Waals surface area (Å²) in [7, 11) is -3.35. The van der Waals surface area contributed by atoms with Crippen molar-refractivity contribution in [3.05, 3.63) is 17.0 Å². The number of alkyl halides is 1. The van der Waals surface area contributed by atoms with Crippen LogP contribution in [0.3, 0.4) is 0 Å². The van der Waals surface area contributed by atoms with Gasteiger partial charge in [-0.25, -0.2) is 13.1 Å². The van der Waals surface area contributed by atoms with Gasteiger partial charge in [0.1, 0.15) is 4.21 Å². The number of aryl methyl sites for hydroxylation is 1. The number of hydrogen-bond donors (Lipinski definition) is 1. The summed E-state index contributed by atoms with van der Waals surface area (Å²) in [5.41, 5.74) is 0. The zero-order valence-electron chi connectivity index (χ0n) is 8.90.